The Morgan fingerprint density at radius 2 is 1.88 bits per heavy atom. The Morgan fingerprint density at radius 3 is 2.58 bits per heavy atom. The highest BCUT2D eigenvalue weighted by atomic mass is 79.9. The fraction of sp³-hybridized carbons (Fsp3) is 0.263. The number of pyridine rings is 1. The largest absolute Gasteiger partial charge is 0.357 e. The molecular weight excluding hydrogens is 366 g/mol. The number of carbonyl (C=O) groups is 1. The lowest BCUT2D eigenvalue weighted by Gasteiger charge is -2.18. The molecule has 1 aromatic carbocycles. The molecule has 3 aromatic rings. The van der Waals surface area contributed by atoms with Gasteiger partial charge in [-0.25, -0.2) is 4.52 Å². The summed E-state index contributed by atoms with van der Waals surface area (Å²) in [5.41, 5.74) is 3.26. The van der Waals surface area contributed by atoms with Crippen LogP contribution >= 0.6 is 15.9 Å². The molecule has 4 rings (SSSR count). The van der Waals surface area contributed by atoms with E-state index in [2.05, 4.69) is 26.9 Å². The van der Waals surface area contributed by atoms with Gasteiger partial charge in [-0.15, -0.1) is 0 Å². The Morgan fingerprint density at radius 1 is 1.12 bits per heavy atom. The van der Waals surface area contributed by atoms with Crippen molar-refractivity contribution in [2.24, 2.45) is 0 Å². The van der Waals surface area contributed by atoms with Crippen molar-refractivity contribution in [1.29, 1.82) is 0 Å². The maximum absolute atomic E-state index is 12.4. The van der Waals surface area contributed by atoms with Crippen molar-refractivity contribution in [2.75, 3.05) is 18.0 Å². The molecule has 0 N–H and O–H groups in total. The average Bonchev–Trinajstić information content (AvgIpc) is 3.22. The Labute approximate surface area is 149 Å². The number of Topliss-reactive ketones (excluding diaryl/α,β-unsaturated/α-hetero) is 1. The van der Waals surface area contributed by atoms with Crippen molar-refractivity contribution in [3.8, 4) is 11.3 Å². The van der Waals surface area contributed by atoms with Gasteiger partial charge < -0.3 is 4.90 Å². The Hall–Kier alpha value is -2.14. The molecule has 5 heteroatoms. The highest BCUT2D eigenvalue weighted by Crippen LogP contribution is 2.31. The van der Waals surface area contributed by atoms with Crippen LogP contribution in [0.15, 0.2) is 46.9 Å². The van der Waals surface area contributed by atoms with Crippen LogP contribution in [-0.4, -0.2) is 28.5 Å². The van der Waals surface area contributed by atoms with Gasteiger partial charge in [0.15, 0.2) is 5.78 Å². The van der Waals surface area contributed by atoms with E-state index in [1.54, 1.807) is 6.92 Å². The number of nitrogens with zero attached hydrogens (tertiary/aromatic N) is 3. The third-order valence-corrected chi connectivity index (χ3v) is 5.01. The van der Waals surface area contributed by atoms with Crippen LogP contribution in [0.1, 0.15) is 30.1 Å². The molecule has 0 saturated carbocycles. The zero-order valence-corrected chi connectivity index (χ0v) is 15.1. The van der Waals surface area contributed by atoms with E-state index in [4.69, 9.17) is 5.10 Å². The second-order valence-electron chi connectivity index (χ2n) is 6.17. The lowest BCUT2D eigenvalue weighted by molar-refractivity contribution is 0.102. The summed E-state index contributed by atoms with van der Waals surface area (Å²) in [6.45, 7) is 3.70. The molecule has 3 heterocycles. The van der Waals surface area contributed by atoms with Gasteiger partial charge in [0.05, 0.1) is 11.1 Å². The number of fused-ring (bicyclic) bond motifs is 1. The molecule has 0 atom stereocenters. The van der Waals surface area contributed by atoms with Crippen LogP contribution in [0.2, 0.25) is 0 Å². The number of carbonyl (C=O) groups excluding carboxylic acids is 1. The first-order valence-electron chi connectivity index (χ1n) is 8.19. The Balaban J connectivity index is 1.98. The smallest absolute Gasteiger partial charge is 0.164 e. The van der Waals surface area contributed by atoms with Crippen molar-refractivity contribution in [3.05, 3.63) is 52.5 Å². The zero-order chi connectivity index (χ0) is 16.7. The van der Waals surface area contributed by atoms with E-state index in [1.807, 2.05) is 40.9 Å². The molecule has 4 nitrogen and oxygen atoms in total. The number of benzene rings is 1. The van der Waals surface area contributed by atoms with Crippen molar-refractivity contribution in [1.82, 2.24) is 9.61 Å². The standard InChI is InChI=1S/C19H18BrN3O/c1-13(24)18-16-8-5-9-17(22-10-2-3-11-22)23(16)21-19(18)14-6-4-7-15(20)12-14/h4-9,12H,2-3,10-11H2,1H3. The number of rotatable bonds is 3. The predicted molar refractivity (Wildman–Crippen MR) is 99.8 cm³/mol. The summed E-state index contributed by atoms with van der Waals surface area (Å²) in [5.74, 6) is 1.10. The SMILES string of the molecule is CC(=O)c1c(-c2cccc(Br)c2)nn2c(N3CCCC3)cccc12. The number of halogens is 1. The molecule has 1 aliphatic rings. The average molecular weight is 384 g/mol. The van der Waals surface area contributed by atoms with Gasteiger partial charge >= 0.3 is 0 Å². The van der Waals surface area contributed by atoms with Gasteiger partial charge in [-0.05, 0) is 44.0 Å². The lowest BCUT2D eigenvalue weighted by Crippen LogP contribution is -2.20. The molecule has 0 aliphatic carbocycles. The predicted octanol–water partition coefficient (Wildman–Crippen LogP) is 4.57. The van der Waals surface area contributed by atoms with Crippen molar-refractivity contribution >= 4 is 33.0 Å². The molecular formula is C19H18BrN3O. The molecule has 0 radical (unpaired) electrons. The summed E-state index contributed by atoms with van der Waals surface area (Å²) in [6, 6.07) is 14.0. The zero-order valence-electron chi connectivity index (χ0n) is 13.5. The number of hydrogen-bond donors (Lipinski definition) is 0. The normalized spacial score (nSPS) is 14.5. The number of aromatic nitrogens is 2. The van der Waals surface area contributed by atoms with Gasteiger partial charge in [0, 0.05) is 23.1 Å². The minimum absolute atomic E-state index is 0.0403. The van der Waals surface area contributed by atoms with E-state index >= 15 is 0 Å². The Bertz CT molecular complexity index is 926. The number of hydrogen-bond acceptors (Lipinski definition) is 3. The summed E-state index contributed by atoms with van der Waals surface area (Å²) < 4.78 is 2.91. The lowest BCUT2D eigenvalue weighted by atomic mass is 10.0. The van der Waals surface area contributed by atoms with E-state index in [0.717, 1.165) is 40.2 Å². The number of anilines is 1. The van der Waals surface area contributed by atoms with Gasteiger partial charge in [0.2, 0.25) is 0 Å². The third kappa shape index (κ3) is 2.53. The minimum atomic E-state index is 0.0403. The third-order valence-electron chi connectivity index (χ3n) is 4.52. The summed E-state index contributed by atoms with van der Waals surface area (Å²) in [7, 11) is 0. The molecule has 24 heavy (non-hydrogen) atoms. The summed E-state index contributed by atoms with van der Waals surface area (Å²) in [5, 5.41) is 4.82. The van der Waals surface area contributed by atoms with Gasteiger partial charge in [0.1, 0.15) is 11.5 Å². The topological polar surface area (TPSA) is 37.6 Å². The molecule has 2 aromatic heterocycles. The summed E-state index contributed by atoms with van der Waals surface area (Å²) >= 11 is 3.51. The molecule has 0 unspecified atom stereocenters. The fourth-order valence-electron chi connectivity index (χ4n) is 3.43. The van der Waals surface area contributed by atoms with Gasteiger partial charge in [-0.3, -0.25) is 4.79 Å². The van der Waals surface area contributed by atoms with E-state index in [9.17, 15) is 4.79 Å². The summed E-state index contributed by atoms with van der Waals surface area (Å²) in [6.07, 6.45) is 2.41. The highest BCUT2D eigenvalue weighted by Gasteiger charge is 2.22. The first-order valence-corrected chi connectivity index (χ1v) is 8.98. The first-order chi connectivity index (χ1) is 11.6. The van der Waals surface area contributed by atoms with Gasteiger partial charge in [-0.2, -0.15) is 5.10 Å². The van der Waals surface area contributed by atoms with E-state index in [-0.39, 0.29) is 5.78 Å². The fourth-order valence-corrected chi connectivity index (χ4v) is 3.83. The maximum atomic E-state index is 12.4. The molecule has 0 amide bonds. The highest BCUT2D eigenvalue weighted by molar-refractivity contribution is 9.10. The molecule has 0 bridgehead atoms. The van der Waals surface area contributed by atoms with Gasteiger partial charge in [-0.1, -0.05) is 34.1 Å². The molecule has 1 saturated heterocycles. The van der Waals surface area contributed by atoms with Crippen LogP contribution in [-0.2, 0) is 0 Å². The second kappa shape index (κ2) is 6.06. The second-order valence-corrected chi connectivity index (χ2v) is 7.08. The van der Waals surface area contributed by atoms with Crippen LogP contribution in [0, 0.1) is 0 Å². The van der Waals surface area contributed by atoms with E-state index in [0.29, 0.717) is 5.56 Å². The summed E-state index contributed by atoms with van der Waals surface area (Å²) in [4.78, 5) is 14.7. The van der Waals surface area contributed by atoms with Crippen LogP contribution in [0.5, 0.6) is 0 Å². The van der Waals surface area contributed by atoms with Crippen LogP contribution in [0.3, 0.4) is 0 Å². The molecule has 1 fully saturated rings. The van der Waals surface area contributed by atoms with Crippen LogP contribution < -0.4 is 4.90 Å². The monoisotopic (exact) mass is 383 g/mol. The first kappa shape index (κ1) is 15.4. The molecule has 0 spiro atoms. The quantitative estimate of drug-likeness (QED) is 0.621. The van der Waals surface area contributed by atoms with Crippen molar-refractivity contribution < 1.29 is 4.79 Å². The molecule has 1 aliphatic heterocycles. The minimum Gasteiger partial charge on any atom is -0.357 e. The van der Waals surface area contributed by atoms with Gasteiger partial charge in [0.25, 0.3) is 0 Å². The Kier molecular flexibility index (Phi) is 3.88. The van der Waals surface area contributed by atoms with Crippen LogP contribution in [0.4, 0.5) is 5.82 Å². The number of ketones is 1. The van der Waals surface area contributed by atoms with Crippen LogP contribution in [0.25, 0.3) is 16.8 Å². The van der Waals surface area contributed by atoms with E-state index in [1.165, 1.54) is 12.8 Å². The molecule has 122 valence electrons. The van der Waals surface area contributed by atoms with E-state index < -0.39 is 0 Å². The van der Waals surface area contributed by atoms with Crippen molar-refractivity contribution in [3.63, 3.8) is 0 Å². The maximum Gasteiger partial charge on any atom is 0.164 e. The van der Waals surface area contributed by atoms with Crippen molar-refractivity contribution in [2.45, 2.75) is 19.8 Å².